The highest BCUT2D eigenvalue weighted by molar-refractivity contribution is 5.76. The first-order valence-corrected chi connectivity index (χ1v) is 33.3. The van der Waals surface area contributed by atoms with Gasteiger partial charge in [0.15, 0.2) is 6.29 Å². The van der Waals surface area contributed by atoms with Crippen molar-refractivity contribution < 1.29 is 39.8 Å². The van der Waals surface area contributed by atoms with Crippen molar-refractivity contribution in [1.82, 2.24) is 5.32 Å². The molecule has 0 bridgehead atoms. The number of hydrogen-bond acceptors (Lipinski definition) is 8. The molecule has 81 heavy (non-hydrogen) atoms. The van der Waals surface area contributed by atoms with Gasteiger partial charge in [-0.15, -0.1) is 0 Å². The van der Waals surface area contributed by atoms with Crippen LogP contribution >= 0.6 is 0 Å². The third-order valence-corrected chi connectivity index (χ3v) is 15.0. The van der Waals surface area contributed by atoms with Crippen molar-refractivity contribution in [2.45, 2.75) is 314 Å². The number of allylic oxidation sites excluding steroid dienone is 19. The lowest BCUT2D eigenvalue weighted by Gasteiger charge is -2.40. The fraction of sp³-hybridized carbons (Fsp3) is 0.708. The Balaban J connectivity index is 2.23. The molecular weight excluding hydrogens is 1010 g/mol. The average Bonchev–Trinajstić information content (AvgIpc) is 3.47. The predicted octanol–water partition coefficient (Wildman–Crippen LogP) is 17.9. The summed E-state index contributed by atoms with van der Waals surface area (Å²) in [6, 6.07) is -0.834. The Morgan fingerprint density at radius 2 is 0.765 bits per heavy atom. The van der Waals surface area contributed by atoms with Crippen molar-refractivity contribution >= 4 is 5.91 Å². The highest BCUT2D eigenvalue weighted by atomic mass is 16.7. The molecule has 1 fully saturated rings. The number of nitrogens with one attached hydrogen (secondary N) is 1. The lowest BCUT2D eigenvalue weighted by Crippen LogP contribution is -2.60. The van der Waals surface area contributed by atoms with E-state index < -0.39 is 49.5 Å². The lowest BCUT2D eigenvalue weighted by atomic mass is 9.99. The molecule has 9 heteroatoms. The van der Waals surface area contributed by atoms with Crippen molar-refractivity contribution in [3.05, 3.63) is 122 Å². The van der Waals surface area contributed by atoms with E-state index in [1.165, 1.54) is 148 Å². The summed E-state index contributed by atoms with van der Waals surface area (Å²) in [5.74, 6) is -0.211. The molecular formula is C72H123NO8. The number of carbonyl (C=O) groups is 1. The monoisotopic (exact) mass is 1130 g/mol. The van der Waals surface area contributed by atoms with Crippen LogP contribution in [0.4, 0.5) is 0 Å². The Morgan fingerprint density at radius 1 is 0.432 bits per heavy atom. The van der Waals surface area contributed by atoms with Gasteiger partial charge in [-0.3, -0.25) is 4.79 Å². The molecule has 0 radical (unpaired) electrons. The smallest absolute Gasteiger partial charge is 0.220 e. The van der Waals surface area contributed by atoms with E-state index in [1.54, 1.807) is 6.08 Å². The summed E-state index contributed by atoms with van der Waals surface area (Å²) in [7, 11) is 0. The van der Waals surface area contributed by atoms with E-state index >= 15 is 0 Å². The molecule has 1 aliphatic rings. The third-order valence-electron chi connectivity index (χ3n) is 15.0. The van der Waals surface area contributed by atoms with Gasteiger partial charge in [0.05, 0.1) is 25.4 Å². The molecule has 464 valence electrons. The molecule has 0 aromatic carbocycles. The van der Waals surface area contributed by atoms with Crippen LogP contribution < -0.4 is 5.32 Å². The molecule has 1 aliphatic heterocycles. The summed E-state index contributed by atoms with van der Waals surface area (Å²) in [4.78, 5) is 13.1. The van der Waals surface area contributed by atoms with Crippen molar-refractivity contribution in [2.75, 3.05) is 13.2 Å². The summed E-state index contributed by atoms with van der Waals surface area (Å²) < 4.78 is 11.3. The van der Waals surface area contributed by atoms with Gasteiger partial charge >= 0.3 is 0 Å². The lowest BCUT2D eigenvalue weighted by molar-refractivity contribution is -0.302. The van der Waals surface area contributed by atoms with E-state index in [9.17, 15) is 30.3 Å². The number of aliphatic hydroxyl groups is 5. The number of amides is 1. The zero-order chi connectivity index (χ0) is 58.6. The van der Waals surface area contributed by atoms with E-state index in [2.05, 4.69) is 129 Å². The topological polar surface area (TPSA) is 149 Å². The van der Waals surface area contributed by atoms with Crippen LogP contribution in [0.15, 0.2) is 122 Å². The van der Waals surface area contributed by atoms with Crippen molar-refractivity contribution in [1.29, 1.82) is 0 Å². The Morgan fingerprint density at radius 3 is 1.14 bits per heavy atom. The molecule has 1 rings (SSSR count). The summed E-state index contributed by atoms with van der Waals surface area (Å²) >= 11 is 0. The summed E-state index contributed by atoms with van der Waals surface area (Å²) in [5.41, 5.74) is 0. The van der Waals surface area contributed by atoms with Crippen LogP contribution in [-0.2, 0) is 14.3 Å². The molecule has 0 aromatic heterocycles. The molecule has 0 aromatic rings. The van der Waals surface area contributed by atoms with Crippen molar-refractivity contribution in [3.8, 4) is 0 Å². The van der Waals surface area contributed by atoms with Crippen LogP contribution in [0.3, 0.4) is 0 Å². The first kappa shape index (κ1) is 75.6. The summed E-state index contributed by atoms with van der Waals surface area (Å²) in [6.45, 7) is 3.66. The maximum absolute atomic E-state index is 13.1. The predicted molar refractivity (Wildman–Crippen MR) is 345 cm³/mol. The van der Waals surface area contributed by atoms with E-state index in [-0.39, 0.29) is 12.5 Å². The minimum atomic E-state index is -1.58. The molecule has 7 unspecified atom stereocenters. The Hall–Kier alpha value is -3.41. The van der Waals surface area contributed by atoms with Gasteiger partial charge in [-0.2, -0.15) is 0 Å². The van der Waals surface area contributed by atoms with Gasteiger partial charge in [0.1, 0.15) is 24.4 Å². The highest BCUT2D eigenvalue weighted by Crippen LogP contribution is 2.23. The SMILES string of the molecule is CC/C=C\C/C=C\C/C=C\C/C=C\C/C=C\C/C=C\C/C=C\C/C=C\C/C=C\CCCCCC(=O)NC(COC1OC(CO)C(O)C(O)C1O)C(O)/C=C/CCCCCCCCCCCCCCCCCCCCCCCCCCC. The van der Waals surface area contributed by atoms with Gasteiger partial charge in [0.2, 0.25) is 5.91 Å². The van der Waals surface area contributed by atoms with Crippen molar-refractivity contribution in [3.63, 3.8) is 0 Å². The Labute approximate surface area is 497 Å². The molecule has 6 N–H and O–H groups in total. The van der Waals surface area contributed by atoms with E-state index in [4.69, 9.17) is 9.47 Å². The van der Waals surface area contributed by atoms with Crippen LogP contribution in [0.25, 0.3) is 0 Å². The Bertz CT molecular complexity index is 1690. The van der Waals surface area contributed by atoms with Gasteiger partial charge in [0, 0.05) is 6.42 Å². The second kappa shape index (κ2) is 59.7. The van der Waals surface area contributed by atoms with Gasteiger partial charge in [-0.05, 0) is 89.9 Å². The first-order chi connectivity index (χ1) is 39.8. The van der Waals surface area contributed by atoms with Gasteiger partial charge in [-0.1, -0.05) is 296 Å². The minimum absolute atomic E-state index is 0.209. The molecule has 1 saturated heterocycles. The molecule has 7 atom stereocenters. The fourth-order valence-corrected chi connectivity index (χ4v) is 9.86. The minimum Gasteiger partial charge on any atom is -0.394 e. The van der Waals surface area contributed by atoms with Crippen LogP contribution in [0, 0.1) is 0 Å². The molecule has 1 amide bonds. The fourth-order valence-electron chi connectivity index (χ4n) is 9.86. The van der Waals surface area contributed by atoms with Gasteiger partial charge in [-0.25, -0.2) is 0 Å². The normalized spacial score (nSPS) is 19.2. The van der Waals surface area contributed by atoms with Crippen LogP contribution in [0.1, 0.15) is 271 Å². The molecule has 9 nitrogen and oxygen atoms in total. The van der Waals surface area contributed by atoms with E-state index in [1.807, 2.05) is 6.08 Å². The largest absolute Gasteiger partial charge is 0.394 e. The quantitative estimate of drug-likeness (QED) is 0.0261. The first-order valence-electron chi connectivity index (χ1n) is 33.3. The average molecular weight is 1130 g/mol. The third kappa shape index (κ3) is 48.6. The second-order valence-corrected chi connectivity index (χ2v) is 22.5. The number of ether oxygens (including phenoxy) is 2. The van der Waals surface area contributed by atoms with Crippen LogP contribution in [-0.4, -0.2) is 87.5 Å². The second-order valence-electron chi connectivity index (χ2n) is 22.5. The Kier molecular flexibility index (Phi) is 55.8. The van der Waals surface area contributed by atoms with Gasteiger partial charge in [0.25, 0.3) is 0 Å². The molecule has 0 spiro atoms. The number of carbonyl (C=O) groups excluding carboxylic acids is 1. The molecule has 0 aliphatic carbocycles. The number of unbranched alkanes of at least 4 members (excludes halogenated alkanes) is 28. The molecule has 1 heterocycles. The van der Waals surface area contributed by atoms with E-state index in [0.29, 0.717) is 12.8 Å². The maximum atomic E-state index is 13.1. The zero-order valence-corrected chi connectivity index (χ0v) is 51.7. The van der Waals surface area contributed by atoms with Gasteiger partial charge < -0.3 is 40.3 Å². The highest BCUT2D eigenvalue weighted by Gasteiger charge is 2.44. The van der Waals surface area contributed by atoms with Crippen LogP contribution in [0.2, 0.25) is 0 Å². The van der Waals surface area contributed by atoms with Crippen molar-refractivity contribution in [2.24, 2.45) is 0 Å². The standard InChI is InChI=1S/C72H123NO8/c1-3-5-7-9-11-13-15-17-19-21-23-25-27-29-31-32-33-34-36-38-40-42-44-46-48-50-52-54-56-58-60-62-68(76)73-65(64-80-72-71(79)70(78)69(77)67(63-74)81-72)66(75)61-59-57-55-53-51-49-47-45-43-41-39-37-35-30-28-26-24-22-20-18-16-14-12-10-8-6-4-2/h5,7,11,13,17,19,23,25,29,31,33-34,38,40,44,46,50,52,59,61,65-67,69-72,74-75,77-79H,3-4,6,8-10,12,14-16,18,20-22,24,26-28,30,32,35-37,39,41-43,45,47-49,51,53-58,60,62-64H2,1-2H3,(H,73,76)/b7-5-,13-11-,19-17-,25-23-,31-29-,34-33-,40-38-,46-44-,52-50-,61-59+. The summed E-state index contributed by atoms with van der Waals surface area (Å²) in [5, 5.41) is 54.7. The van der Waals surface area contributed by atoms with E-state index in [0.717, 1.165) is 96.3 Å². The zero-order valence-electron chi connectivity index (χ0n) is 51.7. The number of rotatable bonds is 56. The summed E-state index contributed by atoms with van der Waals surface area (Å²) in [6.07, 6.45) is 82.8. The van der Waals surface area contributed by atoms with Crippen LogP contribution in [0.5, 0.6) is 0 Å². The molecule has 0 saturated carbocycles. The number of aliphatic hydroxyl groups excluding tert-OH is 5. The number of hydrogen-bond donors (Lipinski definition) is 6. The maximum Gasteiger partial charge on any atom is 0.220 e.